The highest BCUT2D eigenvalue weighted by molar-refractivity contribution is 6.31. The summed E-state index contributed by atoms with van der Waals surface area (Å²) in [7, 11) is 0. The molecule has 0 spiro atoms. The molecule has 0 aliphatic heterocycles. The third-order valence-corrected chi connectivity index (χ3v) is 3.05. The minimum Gasteiger partial charge on any atom is -0.316 e. The van der Waals surface area contributed by atoms with Gasteiger partial charge in [0.1, 0.15) is 5.82 Å². The summed E-state index contributed by atoms with van der Waals surface area (Å²) in [5.74, 6) is -0.217. The van der Waals surface area contributed by atoms with E-state index in [1.807, 2.05) is 0 Å². The van der Waals surface area contributed by atoms with E-state index in [1.54, 1.807) is 12.1 Å². The summed E-state index contributed by atoms with van der Waals surface area (Å²) in [5, 5.41) is 7.16. The SMILES string of the molecule is CC(C)NCCCNCCc1c(F)cccc1Cl. The van der Waals surface area contributed by atoms with Crippen molar-refractivity contribution in [3.8, 4) is 0 Å². The fraction of sp³-hybridized carbons (Fsp3) is 0.571. The van der Waals surface area contributed by atoms with Crippen molar-refractivity contribution in [3.05, 3.63) is 34.6 Å². The number of rotatable bonds is 8. The van der Waals surface area contributed by atoms with Gasteiger partial charge >= 0.3 is 0 Å². The van der Waals surface area contributed by atoms with Crippen molar-refractivity contribution in [1.82, 2.24) is 10.6 Å². The van der Waals surface area contributed by atoms with Crippen molar-refractivity contribution in [3.63, 3.8) is 0 Å². The lowest BCUT2D eigenvalue weighted by molar-refractivity contribution is 0.545. The summed E-state index contributed by atoms with van der Waals surface area (Å²) < 4.78 is 13.4. The van der Waals surface area contributed by atoms with E-state index in [1.165, 1.54) is 6.07 Å². The summed E-state index contributed by atoms with van der Waals surface area (Å²) in [6.07, 6.45) is 1.70. The summed E-state index contributed by atoms with van der Waals surface area (Å²) >= 11 is 5.95. The van der Waals surface area contributed by atoms with Crippen LogP contribution in [0.5, 0.6) is 0 Å². The molecule has 0 aromatic heterocycles. The molecule has 0 saturated carbocycles. The number of halogens is 2. The molecule has 0 aliphatic carbocycles. The lowest BCUT2D eigenvalue weighted by Crippen LogP contribution is -2.27. The first-order valence-electron chi connectivity index (χ1n) is 6.48. The third-order valence-electron chi connectivity index (χ3n) is 2.70. The molecule has 0 heterocycles. The molecule has 0 amide bonds. The van der Waals surface area contributed by atoms with Crippen LogP contribution in [0, 0.1) is 5.82 Å². The van der Waals surface area contributed by atoms with E-state index >= 15 is 0 Å². The quantitative estimate of drug-likeness (QED) is 0.711. The zero-order valence-corrected chi connectivity index (χ0v) is 11.9. The van der Waals surface area contributed by atoms with Crippen LogP contribution in [0.25, 0.3) is 0 Å². The van der Waals surface area contributed by atoms with E-state index in [4.69, 9.17) is 11.6 Å². The minimum absolute atomic E-state index is 0.217. The van der Waals surface area contributed by atoms with Crippen molar-refractivity contribution in [2.45, 2.75) is 32.7 Å². The summed E-state index contributed by atoms with van der Waals surface area (Å²) in [5.41, 5.74) is 0.604. The van der Waals surface area contributed by atoms with Crippen LogP contribution >= 0.6 is 11.6 Å². The molecule has 1 rings (SSSR count). The predicted molar refractivity (Wildman–Crippen MR) is 75.7 cm³/mol. The monoisotopic (exact) mass is 272 g/mol. The van der Waals surface area contributed by atoms with Crippen molar-refractivity contribution in [2.24, 2.45) is 0 Å². The summed E-state index contributed by atoms with van der Waals surface area (Å²) in [4.78, 5) is 0. The molecule has 4 heteroatoms. The predicted octanol–water partition coefficient (Wildman–Crippen LogP) is 3.00. The average Bonchev–Trinajstić information content (AvgIpc) is 2.30. The van der Waals surface area contributed by atoms with Gasteiger partial charge in [-0.3, -0.25) is 0 Å². The lowest BCUT2D eigenvalue weighted by atomic mass is 10.1. The Labute approximate surface area is 114 Å². The maximum absolute atomic E-state index is 13.4. The fourth-order valence-corrected chi connectivity index (χ4v) is 1.97. The van der Waals surface area contributed by atoms with Gasteiger partial charge in [0.2, 0.25) is 0 Å². The molecule has 0 aliphatic rings. The Morgan fingerprint density at radius 2 is 2.00 bits per heavy atom. The molecule has 2 N–H and O–H groups in total. The Kier molecular flexibility index (Phi) is 7.25. The van der Waals surface area contributed by atoms with Crippen LogP contribution < -0.4 is 10.6 Å². The van der Waals surface area contributed by atoms with Crippen molar-refractivity contribution >= 4 is 11.6 Å². The lowest BCUT2D eigenvalue weighted by Gasteiger charge is -2.09. The second kappa shape index (κ2) is 8.46. The average molecular weight is 273 g/mol. The van der Waals surface area contributed by atoms with E-state index in [9.17, 15) is 4.39 Å². The molecular formula is C14H22ClFN2. The van der Waals surface area contributed by atoms with Crippen LogP contribution in [0.1, 0.15) is 25.8 Å². The van der Waals surface area contributed by atoms with Crippen LogP contribution in [-0.2, 0) is 6.42 Å². The molecule has 0 unspecified atom stereocenters. The standard InChI is InChI=1S/C14H22ClFN2/c1-11(2)18-9-4-8-17-10-7-12-13(15)5-3-6-14(12)16/h3,5-6,11,17-18H,4,7-10H2,1-2H3. The molecule has 0 atom stereocenters. The molecule has 0 bridgehead atoms. The van der Waals surface area contributed by atoms with Gasteiger partial charge in [-0.2, -0.15) is 0 Å². The second-order valence-corrected chi connectivity index (χ2v) is 5.07. The molecule has 18 heavy (non-hydrogen) atoms. The maximum atomic E-state index is 13.4. The van der Waals surface area contributed by atoms with Crippen LogP contribution in [0.2, 0.25) is 5.02 Å². The molecule has 2 nitrogen and oxygen atoms in total. The largest absolute Gasteiger partial charge is 0.316 e. The molecule has 1 aromatic rings. The smallest absolute Gasteiger partial charge is 0.127 e. The van der Waals surface area contributed by atoms with Gasteiger partial charge < -0.3 is 10.6 Å². The zero-order chi connectivity index (χ0) is 13.4. The van der Waals surface area contributed by atoms with E-state index in [0.29, 0.717) is 23.0 Å². The summed E-state index contributed by atoms with van der Waals surface area (Å²) in [6, 6.07) is 5.34. The highest BCUT2D eigenvalue weighted by Gasteiger charge is 2.05. The first-order valence-corrected chi connectivity index (χ1v) is 6.86. The van der Waals surface area contributed by atoms with Crippen LogP contribution in [0.4, 0.5) is 4.39 Å². The molecule has 0 fully saturated rings. The zero-order valence-electron chi connectivity index (χ0n) is 11.1. The molecule has 0 radical (unpaired) electrons. The molecule has 0 saturated heterocycles. The van der Waals surface area contributed by atoms with E-state index in [2.05, 4.69) is 24.5 Å². The van der Waals surface area contributed by atoms with Gasteiger partial charge in [-0.1, -0.05) is 31.5 Å². The normalized spacial score (nSPS) is 11.2. The Balaban J connectivity index is 2.14. The first-order chi connectivity index (χ1) is 8.61. The first kappa shape index (κ1) is 15.4. The van der Waals surface area contributed by atoms with Crippen molar-refractivity contribution < 1.29 is 4.39 Å². The molecule has 102 valence electrons. The number of nitrogens with one attached hydrogen (secondary N) is 2. The maximum Gasteiger partial charge on any atom is 0.127 e. The highest BCUT2D eigenvalue weighted by atomic mass is 35.5. The summed E-state index contributed by atoms with van der Waals surface area (Å²) in [6.45, 7) is 6.96. The molecule has 1 aromatic carbocycles. The van der Waals surface area contributed by atoms with Gasteiger partial charge in [-0.15, -0.1) is 0 Å². The number of hydrogen-bond donors (Lipinski definition) is 2. The number of benzene rings is 1. The Bertz CT molecular complexity index is 335. The molecular weight excluding hydrogens is 251 g/mol. The topological polar surface area (TPSA) is 24.1 Å². The van der Waals surface area contributed by atoms with Crippen LogP contribution in [0.3, 0.4) is 0 Å². The van der Waals surface area contributed by atoms with Crippen molar-refractivity contribution in [1.29, 1.82) is 0 Å². The van der Waals surface area contributed by atoms with Gasteiger partial charge in [0, 0.05) is 16.6 Å². The Hall–Kier alpha value is -0.640. The highest BCUT2D eigenvalue weighted by Crippen LogP contribution is 2.18. The van der Waals surface area contributed by atoms with E-state index in [0.717, 1.165) is 26.1 Å². The van der Waals surface area contributed by atoms with Crippen molar-refractivity contribution in [2.75, 3.05) is 19.6 Å². The van der Waals surface area contributed by atoms with Crippen LogP contribution in [-0.4, -0.2) is 25.7 Å². The Morgan fingerprint density at radius 1 is 1.22 bits per heavy atom. The van der Waals surface area contributed by atoms with Gasteiger partial charge in [-0.05, 0) is 44.6 Å². The minimum atomic E-state index is -0.217. The van der Waals surface area contributed by atoms with E-state index in [-0.39, 0.29) is 5.82 Å². The second-order valence-electron chi connectivity index (χ2n) is 4.66. The van der Waals surface area contributed by atoms with Gasteiger partial charge in [0.05, 0.1) is 0 Å². The Morgan fingerprint density at radius 3 is 2.67 bits per heavy atom. The van der Waals surface area contributed by atoms with E-state index < -0.39 is 0 Å². The number of hydrogen-bond acceptors (Lipinski definition) is 2. The fourth-order valence-electron chi connectivity index (χ4n) is 1.71. The van der Waals surface area contributed by atoms with Gasteiger partial charge in [0.25, 0.3) is 0 Å². The van der Waals surface area contributed by atoms with Gasteiger partial charge in [0.15, 0.2) is 0 Å². The third kappa shape index (κ3) is 5.80. The van der Waals surface area contributed by atoms with Crippen LogP contribution in [0.15, 0.2) is 18.2 Å². The van der Waals surface area contributed by atoms with Gasteiger partial charge in [-0.25, -0.2) is 4.39 Å².